The fraction of sp³-hybridized carbons (Fsp3) is 0.857. The van der Waals surface area contributed by atoms with Crippen molar-refractivity contribution in [3.05, 3.63) is 0 Å². The second-order valence-corrected chi connectivity index (χ2v) is 9.01. The average molecular weight is 427 g/mol. The van der Waals surface area contributed by atoms with E-state index in [1.54, 1.807) is 41.5 Å². The minimum absolute atomic E-state index is 0.501. The molecule has 1 fully saturated rings. The van der Waals surface area contributed by atoms with Crippen LogP contribution in [0.1, 0.15) is 41.5 Å². The topological polar surface area (TPSA) is 79.9 Å². The van der Waals surface area contributed by atoms with Gasteiger partial charge in [0.05, 0.1) is 0 Å². The van der Waals surface area contributed by atoms with Crippen molar-refractivity contribution >= 4 is 34.8 Å². The lowest BCUT2D eigenvalue weighted by atomic mass is 10.2. The molecule has 2 N–H and O–H groups in total. The molecule has 0 aliphatic carbocycles. The molecule has 1 rings (SSSR count). The summed E-state index contributed by atoms with van der Waals surface area (Å²) in [6.07, 6.45) is -1.80. The Morgan fingerprint density at radius 2 is 1.36 bits per heavy atom. The molecule has 8 heteroatoms. The summed E-state index contributed by atoms with van der Waals surface area (Å²) < 4.78 is 11.0. The Labute approximate surface area is 145 Å². The Bertz CT molecular complexity index is 381. The Morgan fingerprint density at radius 3 is 1.64 bits per heavy atom. The molecule has 0 aromatic carbocycles. The van der Waals surface area contributed by atoms with E-state index < -0.39 is 29.7 Å². The van der Waals surface area contributed by atoms with E-state index in [1.807, 2.05) is 4.90 Å². The van der Waals surface area contributed by atoms with Crippen molar-refractivity contribution in [2.45, 2.75) is 63.0 Å². The van der Waals surface area contributed by atoms with Crippen LogP contribution in [0.2, 0.25) is 0 Å². The SMILES string of the molecule is CC(C)(C)OC(=O)NC(NC(=O)OC(C)(C)C)N1CC(I)C1. The summed E-state index contributed by atoms with van der Waals surface area (Å²) in [6.45, 7) is 12.3. The van der Waals surface area contributed by atoms with Crippen molar-refractivity contribution in [2.75, 3.05) is 13.1 Å². The van der Waals surface area contributed by atoms with Crippen LogP contribution in [0.4, 0.5) is 9.59 Å². The first-order valence-corrected chi connectivity index (χ1v) is 8.47. The number of halogens is 1. The third-order valence-corrected chi connectivity index (χ3v) is 3.33. The lowest BCUT2D eigenvalue weighted by Gasteiger charge is -2.42. The van der Waals surface area contributed by atoms with Gasteiger partial charge in [-0.15, -0.1) is 0 Å². The van der Waals surface area contributed by atoms with E-state index in [-0.39, 0.29) is 0 Å². The summed E-state index contributed by atoms with van der Waals surface area (Å²) in [5.74, 6) is 0. The maximum absolute atomic E-state index is 11.9. The molecule has 0 aromatic rings. The zero-order valence-corrected chi connectivity index (χ0v) is 16.2. The van der Waals surface area contributed by atoms with Crippen LogP contribution in [0.3, 0.4) is 0 Å². The van der Waals surface area contributed by atoms with Crippen LogP contribution in [0.15, 0.2) is 0 Å². The predicted octanol–water partition coefficient (Wildman–Crippen LogP) is 2.44. The first-order chi connectivity index (χ1) is 9.85. The molecule has 0 radical (unpaired) electrons. The highest BCUT2D eigenvalue weighted by molar-refractivity contribution is 14.1. The molecule has 0 bridgehead atoms. The second kappa shape index (κ2) is 7.20. The molecule has 7 nitrogen and oxygen atoms in total. The summed E-state index contributed by atoms with van der Waals surface area (Å²) >= 11 is 2.32. The smallest absolute Gasteiger partial charge is 0.410 e. The highest BCUT2D eigenvalue weighted by Gasteiger charge is 2.34. The first-order valence-electron chi connectivity index (χ1n) is 7.23. The fourth-order valence-corrected chi connectivity index (χ4v) is 2.74. The molecule has 0 unspecified atom stereocenters. The third-order valence-electron chi connectivity index (χ3n) is 2.54. The van der Waals surface area contributed by atoms with Crippen molar-refractivity contribution in [1.29, 1.82) is 0 Å². The van der Waals surface area contributed by atoms with Crippen LogP contribution < -0.4 is 10.6 Å². The van der Waals surface area contributed by atoms with Crippen LogP contribution in [0.5, 0.6) is 0 Å². The molecule has 1 aliphatic rings. The van der Waals surface area contributed by atoms with E-state index in [4.69, 9.17) is 9.47 Å². The summed E-state index contributed by atoms with van der Waals surface area (Å²) in [7, 11) is 0. The van der Waals surface area contributed by atoms with Gasteiger partial charge in [0.2, 0.25) is 0 Å². The highest BCUT2D eigenvalue weighted by atomic mass is 127. The number of ether oxygens (including phenoxy) is 2. The number of hydrogen-bond acceptors (Lipinski definition) is 5. The van der Waals surface area contributed by atoms with Crippen molar-refractivity contribution in [1.82, 2.24) is 15.5 Å². The number of likely N-dealkylation sites (tertiary alicyclic amines) is 1. The average Bonchev–Trinajstić information content (AvgIpc) is 2.18. The fourth-order valence-electron chi connectivity index (χ4n) is 1.72. The summed E-state index contributed by atoms with van der Waals surface area (Å²) in [6, 6.07) is 0. The van der Waals surface area contributed by atoms with Crippen LogP contribution in [0, 0.1) is 0 Å². The maximum atomic E-state index is 11.9. The van der Waals surface area contributed by atoms with Gasteiger partial charge in [-0.1, -0.05) is 22.6 Å². The zero-order valence-electron chi connectivity index (χ0n) is 14.0. The van der Waals surface area contributed by atoms with Crippen molar-refractivity contribution < 1.29 is 19.1 Å². The predicted molar refractivity (Wildman–Crippen MR) is 91.9 cm³/mol. The number of carbonyl (C=O) groups is 2. The van der Waals surface area contributed by atoms with Crippen LogP contribution in [0.25, 0.3) is 0 Å². The van der Waals surface area contributed by atoms with Crippen molar-refractivity contribution in [3.63, 3.8) is 0 Å². The van der Waals surface area contributed by atoms with Gasteiger partial charge in [0.1, 0.15) is 11.2 Å². The quantitative estimate of drug-likeness (QED) is 0.411. The van der Waals surface area contributed by atoms with Crippen LogP contribution in [-0.4, -0.2) is 51.6 Å². The highest BCUT2D eigenvalue weighted by Crippen LogP contribution is 2.18. The molecular weight excluding hydrogens is 401 g/mol. The summed E-state index contributed by atoms with van der Waals surface area (Å²) in [5.41, 5.74) is -1.19. The van der Waals surface area contributed by atoms with Gasteiger partial charge in [-0.3, -0.25) is 15.5 Å². The van der Waals surface area contributed by atoms with Gasteiger partial charge in [-0.2, -0.15) is 0 Å². The Balaban J connectivity index is 2.61. The normalized spacial score (nSPS) is 16.9. The first kappa shape index (κ1) is 19.3. The van der Waals surface area contributed by atoms with E-state index in [9.17, 15) is 9.59 Å². The van der Waals surface area contributed by atoms with Gasteiger partial charge in [-0.05, 0) is 41.5 Å². The van der Waals surface area contributed by atoms with Gasteiger partial charge in [0.15, 0.2) is 6.29 Å². The van der Waals surface area contributed by atoms with E-state index in [2.05, 4.69) is 33.2 Å². The van der Waals surface area contributed by atoms with Gasteiger partial charge in [0.25, 0.3) is 0 Å². The van der Waals surface area contributed by atoms with Gasteiger partial charge in [0, 0.05) is 17.0 Å². The minimum atomic E-state index is -0.643. The third kappa shape index (κ3) is 7.48. The molecule has 0 aromatic heterocycles. The molecule has 128 valence electrons. The molecular formula is C14H26IN3O4. The van der Waals surface area contributed by atoms with E-state index in [1.165, 1.54) is 0 Å². The van der Waals surface area contributed by atoms with Gasteiger partial charge < -0.3 is 9.47 Å². The molecule has 1 heterocycles. The van der Waals surface area contributed by atoms with Crippen molar-refractivity contribution in [3.8, 4) is 0 Å². The van der Waals surface area contributed by atoms with Gasteiger partial charge in [-0.25, -0.2) is 9.59 Å². The minimum Gasteiger partial charge on any atom is -0.444 e. The molecule has 2 amide bonds. The van der Waals surface area contributed by atoms with Crippen LogP contribution >= 0.6 is 22.6 Å². The molecule has 0 saturated carbocycles. The number of rotatable bonds is 3. The number of nitrogens with zero attached hydrogens (tertiary/aromatic N) is 1. The molecule has 1 saturated heterocycles. The number of alkyl carbamates (subject to hydrolysis) is 2. The lowest BCUT2D eigenvalue weighted by Crippen LogP contribution is -2.65. The van der Waals surface area contributed by atoms with E-state index in [0.717, 1.165) is 13.1 Å². The summed E-state index contributed by atoms with van der Waals surface area (Å²) in [4.78, 5) is 25.8. The lowest BCUT2D eigenvalue weighted by molar-refractivity contribution is 0.0166. The molecule has 1 aliphatic heterocycles. The zero-order chi connectivity index (χ0) is 17.1. The second-order valence-electron chi connectivity index (χ2n) is 7.25. The van der Waals surface area contributed by atoms with E-state index >= 15 is 0 Å². The maximum Gasteiger partial charge on any atom is 0.410 e. The van der Waals surface area contributed by atoms with E-state index in [0.29, 0.717) is 3.92 Å². The Hall–Kier alpha value is -0.770. The molecule has 22 heavy (non-hydrogen) atoms. The van der Waals surface area contributed by atoms with Gasteiger partial charge >= 0.3 is 12.2 Å². The Morgan fingerprint density at radius 1 is 1.00 bits per heavy atom. The molecule has 0 atom stereocenters. The largest absolute Gasteiger partial charge is 0.444 e. The Kier molecular flexibility index (Phi) is 6.31. The number of carbonyl (C=O) groups excluding carboxylic acids is 2. The number of hydrogen-bond donors (Lipinski definition) is 2. The van der Waals surface area contributed by atoms with Crippen LogP contribution in [-0.2, 0) is 9.47 Å². The summed E-state index contributed by atoms with van der Waals surface area (Å²) in [5, 5.41) is 5.32. The molecule has 0 spiro atoms. The number of alkyl halides is 1. The van der Waals surface area contributed by atoms with Crippen molar-refractivity contribution in [2.24, 2.45) is 0 Å². The standard InChI is InChI=1S/C14H26IN3O4/c1-13(2,3)21-11(19)16-10(18-7-9(15)8-18)17-12(20)22-14(4,5)6/h9-10H,7-8H2,1-6H3,(H,16,19)(H,17,20). The monoisotopic (exact) mass is 427 g/mol. The number of amides is 2. The number of nitrogens with one attached hydrogen (secondary N) is 2.